The molecule has 2 aromatic rings. The molecule has 5 nitrogen and oxygen atoms in total. The fourth-order valence-electron chi connectivity index (χ4n) is 1.66. The lowest BCUT2D eigenvalue weighted by Crippen LogP contribution is -2.36. The van der Waals surface area contributed by atoms with E-state index in [4.69, 9.17) is 16.9 Å². The Bertz CT molecular complexity index is 759. The van der Waals surface area contributed by atoms with Gasteiger partial charge in [0, 0.05) is 5.69 Å². The number of nitriles is 1. The molecule has 0 bridgehead atoms. The number of hydrogen-bond donors (Lipinski definition) is 1. The summed E-state index contributed by atoms with van der Waals surface area (Å²) in [6.45, 7) is 0. The number of amides is 2. The molecule has 0 aliphatic carbocycles. The van der Waals surface area contributed by atoms with Crippen molar-refractivity contribution in [2.75, 3.05) is 10.2 Å². The van der Waals surface area contributed by atoms with Crippen LogP contribution in [0.5, 0.6) is 0 Å². The lowest BCUT2D eigenvalue weighted by Gasteiger charge is -2.13. The molecular weight excluding hydrogens is 309 g/mol. The maximum Gasteiger partial charge on any atom is 0.329 e. The van der Waals surface area contributed by atoms with Crippen molar-refractivity contribution >= 4 is 34.8 Å². The molecule has 7 heteroatoms. The van der Waals surface area contributed by atoms with E-state index in [0.29, 0.717) is 4.90 Å². The number of carbonyl (C=O) groups is 2. The van der Waals surface area contributed by atoms with Crippen molar-refractivity contribution in [3.63, 3.8) is 0 Å². The number of hydrogen-bond acceptors (Lipinski definition) is 3. The van der Waals surface area contributed by atoms with Crippen LogP contribution < -0.4 is 10.2 Å². The van der Waals surface area contributed by atoms with Gasteiger partial charge in [0.2, 0.25) is 0 Å². The maximum absolute atomic E-state index is 13.0. The first kappa shape index (κ1) is 15.5. The first-order valence-electron chi connectivity index (χ1n) is 6.08. The van der Waals surface area contributed by atoms with Gasteiger partial charge in [-0.25, -0.2) is 9.29 Å². The van der Waals surface area contributed by atoms with E-state index >= 15 is 0 Å². The minimum absolute atomic E-state index is 0.149. The third-order valence-corrected chi connectivity index (χ3v) is 2.98. The summed E-state index contributed by atoms with van der Waals surface area (Å²) in [5.41, 5.74) is 0.415. The number of nitrogens with zero attached hydrogens (tertiary/aromatic N) is 2. The molecule has 0 radical (unpaired) electrons. The van der Waals surface area contributed by atoms with E-state index in [2.05, 4.69) is 5.32 Å². The summed E-state index contributed by atoms with van der Waals surface area (Å²) in [5.74, 6) is -2.74. The molecule has 0 spiro atoms. The molecule has 110 valence electrons. The van der Waals surface area contributed by atoms with Crippen LogP contribution in [0.25, 0.3) is 0 Å². The normalized spacial score (nSPS) is 9.68. The number of nitrogens with one attached hydrogen (secondary N) is 1. The van der Waals surface area contributed by atoms with Gasteiger partial charge in [0.1, 0.15) is 5.82 Å². The number of para-hydroxylation sites is 1. The van der Waals surface area contributed by atoms with Crippen molar-refractivity contribution in [3.05, 3.63) is 59.4 Å². The Balaban J connectivity index is 2.16. The van der Waals surface area contributed by atoms with E-state index in [1.807, 2.05) is 0 Å². The van der Waals surface area contributed by atoms with Crippen molar-refractivity contribution in [1.29, 1.82) is 5.26 Å². The molecule has 0 heterocycles. The monoisotopic (exact) mass is 317 g/mol. The number of carbonyl (C=O) groups excluding carboxylic acids is 2. The Morgan fingerprint density at radius 2 is 1.86 bits per heavy atom. The van der Waals surface area contributed by atoms with Gasteiger partial charge in [-0.1, -0.05) is 29.8 Å². The van der Waals surface area contributed by atoms with Crippen molar-refractivity contribution < 1.29 is 14.0 Å². The van der Waals surface area contributed by atoms with Crippen LogP contribution in [-0.4, -0.2) is 11.8 Å². The second kappa shape index (κ2) is 6.70. The molecule has 0 aliphatic heterocycles. The molecule has 2 amide bonds. The summed E-state index contributed by atoms with van der Waals surface area (Å²) in [5, 5.41) is 11.1. The van der Waals surface area contributed by atoms with Gasteiger partial charge in [0.05, 0.1) is 10.7 Å². The van der Waals surface area contributed by atoms with Crippen LogP contribution in [-0.2, 0) is 9.59 Å². The fraction of sp³-hybridized carbons (Fsp3) is 0. The lowest BCUT2D eigenvalue weighted by molar-refractivity contribution is -0.134. The molecule has 0 fully saturated rings. The second-order valence-electron chi connectivity index (χ2n) is 4.16. The molecule has 0 saturated heterocycles. The van der Waals surface area contributed by atoms with Crippen LogP contribution in [0, 0.1) is 17.3 Å². The van der Waals surface area contributed by atoms with Gasteiger partial charge in [-0.2, -0.15) is 5.26 Å². The minimum Gasteiger partial charge on any atom is -0.318 e. The molecule has 2 rings (SSSR count). The van der Waals surface area contributed by atoms with Gasteiger partial charge in [-0.05, 0) is 30.3 Å². The Morgan fingerprint density at radius 3 is 2.45 bits per heavy atom. The number of benzene rings is 2. The molecule has 0 unspecified atom stereocenters. The van der Waals surface area contributed by atoms with Crippen LogP contribution >= 0.6 is 11.6 Å². The van der Waals surface area contributed by atoms with Gasteiger partial charge < -0.3 is 5.32 Å². The van der Waals surface area contributed by atoms with E-state index in [0.717, 1.165) is 6.07 Å². The third-order valence-electron chi connectivity index (χ3n) is 2.69. The second-order valence-corrected chi connectivity index (χ2v) is 4.57. The Kier molecular flexibility index (Phi) is 4.71. The summed E-state index contributed by atoms with van der Waals surface area (Å²) < 4.78 is 13.0. The molecule has 0 atom stereocenters. The molecule has 0 aliphatic rings. The quantitative estimate of drug-likeness (QED) is 0.526. The first-order valence-corrected chi connectivity index (χ1v) is 6.46. The van der Waals surface area contributed by atoms with Gasteiger partial charge in [-0.3, -0.25) is 9.59 Å². The predicted octanol–water partition coefficient (Wildman–Crippen LogP) is 2.93. The number of anilines is 2. The highest BCUT2D eigenvalue weighted by Gasteiger charge is 2.23. The zero-order valence-electron chi connectivity index (χ0n) is 11.1. The van der Waals surface area contributed by atoms with Gasteiger partial charge in [0.25, 0.3) is 0 Å². The molecular formula is C15H9ClFN3O2. The van der Waals surface area contributed by atoms with Crippen LogP contribution in [0.2, 0.25) is 5.02 Å². The summed E-state index contributed by atoms with van der Waals surface area (Å²) in [6, 6.07) is 11.5. The van der Waals surface area contributed by atoms with E-state index in [1.54, 1.807) is 24.4 Å². The zero-order chi connectivity index (χ0) is 16.1. The Labute approximate surface area is 130 Å². The van der Waals surface area contributed by atoms with E-state index in [9.17, 15) is 14.0 Å². The average molecular weight is 318 g/mol. The van der Waals surface area contributed by atoms with Crippen molar-refractivity contribution in [3.8, 4) is 6.19 Å². The van der Waals surface area contributed by atoms with E-state index in [1.165, 1.54) is 24.3 Å². The van der Waals surface area contributed by atoms with Crippen LogP contribution in [0.1, 0.15) is 0 Å². The molecule has 2 aromatic carbocycles. The minimum atomic E-state index is -1.06. The molecule has 1 N–H and O–H groups in total. The first-order chi connectivity index (χ1) is 10.5. The van der Waals surface area contributed by atoms with Crippen LogP contribution in [0.3, 0.4) is 0 Å². The van der Waals surface area contributed by atoms with Gasteiger partial charge in [-0.15, -0.1) is 0 Å². The lowest BCUT2D eigenvalue weighted by atomic mass is 10.3. The van der Waals surface area contributed by atoms with Crippen LogP contribution in [0.15, 0.2) is 48.5 Å². The number of halogens is 2. The summed E-state index contributed by atoms with van der Waals surface area (Å²) in [6.07, 6.45) is 1.64. The molecule has 0 saturated carbocycles. The SMILES string of the molecule is N#CN(C(=O)C(=O)Nc1ccc(F)c(Cl)c1)c1ccccc1. The standard InChI is InChI=1S/C15H9ClFN3O2/c16-12-8-10(6-7-13(12)17)19-14(21)15(22)20(9-18)11-4-2-1-3-5-11/h1-8H,(H,19,21). The molecule has 22 heavy (non-hydrogen) atoms. The summed E-state index contributed by atoms with van der Waals surface area (Å²) in [7, 11) is 0. The highest BCUT2D eigenvalue weighted by atomic mass is 35.5. The van der Waals surface area contributed by atoms with Crippen LogP contribution in [0.4, 0.5) is 15.8 Å². The van der Waals surface area contributed by atoms with Gasteiger partial charge in [0.15, 0.2) is 6.19 Å². The van der Waals surface area contributed by atoms with Crippen molar-refractivity contribution in [1.82, 2.24) is 0 Å². The fourth-order valence-corrected chi connectivity index (χ4v) is 1.84. The third kappa shape index (κ3) is 3.40. The highest BCUT2D eigenvalue weighted by Crippen LogP contribution is 2.19. The Hall–Kier alpha value is -2.91. The summed E-state index contributed by atoms with van der Waals surface area (Å²) >= 11 is 5.59. The summed E-state index contributed by atoms with van der Waals surface area (Å²) in [4.78, 5) is 24.6. The van der Waals surface area contributed by atoms with Crippen molar-refractivity contribution in [2.24, 2.45) is 0 Å². The van der Waals surface area contributed by atoms with Crippen molar-refractivity contribution in [2.45, 2.75) is 0 Å². The van der Waals surface area contributed by atoms with E-state index in [-0.39, 0.29) is 16.4 Å². The van der Waals surface area contributed by atoms with Gasteiger partial charge >= 0.3 is 11.8 Å². The van der Waals surface area contributed by atoms with E-state index < -0.39 is 17.6 Å². The zero-order valence-corrected chi connectivity index (χ0v) is 11.8. The smallest absolute Gasteiger partial charge is 0.318 e. The predicted molar refractivity (Wildman–Crippen MR) is 79.6 cm³/mol. The average Bonchev–Trinajstić information content (AvgIpc) is 2.52. The molecule has 0 aromatic heterocycles. The number of rotatable bonds is 2. The highest BCUT2D eigenvalue weighted by molar-refractivity contribution is 6.45. The largest absolute Gasteiger partial charge is 0.329 e. The maximum atomic E-state index is 13.0. The topological polar surface area (TPSA) is 73.2 Å². The Morgan fingerprint density at radius 1 is 1.18 bits per heavy atom.